The molecule has 2 unspecified atom stereocenters. The molecule has 1 aromatic heterocycles. The van der Waals surface area contributed by atoms with Crippen LogP contribution in [-0.4, -0.2) is 37.0 Å². The molecule has 2 amide bonds. The number of hydrogen-bond acceptors (Lipinski definition) is 6. The van der Waals surface area contributed by atoms with Gasteiger partial charge in [0.25, 0.3) is 5.91 Å². The van der Waals surface area contributed by atoms with Crippen molar-refractivity contribution >= 4 is 39.8 Å². The van der Waals surface area contributed by atoms with Crippen molar-refractivity contribution in [3.63, 3.8) is 0 Å². The molecule has 2 aromatic rings. The van der Waals surface area contributed by atoms with Gasteiger partial charge in [0.2, 0.25) is 5.91 Å². The second-order valence-corrected chi connectivity index (χ2v) is 9.08. The van der Waals surface area contributed by atoms with Crippen molar-refractivity contribution in [2.45, 2.75) is 46.1 Å². The lowest BCUT2D eigenvalue weighted by Gasteiger charge is -2.32. The molecule has 0 spiro atoms. The fourth-order valence-electron chi connectivity index (χ4n) is 4.09. The van der Waals surface area contributed by atoms with Crippen LogP contribution < -0.4 is 15.0 Å². The molecule has 2 atom stereocenters. The van der Waals surface area contributed by atoms with Crippen LogP contribution in [0.4, 0.5) is 10.7 Å². The van der Waals surface area contributed by atoms with Crippen molar-refractivity contribution < 1.29 is 23.9 Å². The number of anilines is 2. The minimum Gasteiger partial charge on any atom is -0.479 e. The van der Waals surface area contributed by atoms with Crippen molar-refractivity contribution in [1.82, 2.24) is 0 Å². The summed E-state index contributed by atoms with van der Waals surface area (Å²) in [6, 6.07) is 7.14. The maximum Gasteiger partial charge on any atom is 0.341 e. The maximum absolute atomic E-state index is 13.0. The van der Waals surface area contributed by atoms with Gasteiger partial charge in [0, 0.05) is 4.88 Å². The van der Waals surface area contributed by atoms with E-state index in [1.165, 1.54) is 16.2 Å². The van der Waals surface area contributed by atoms with Gasteiger partial charge < -0.3 is 14.8 Å². The molecule has 1 aliphatic heterocycles. The van der Waals surface area contributed by atoms with E-state index in [0.29, 0.717) is 27.9 Å². The van der Waals surface area contributed by atoms with Crippen LogP contribution >= 0.6 is 11.3 Å². The van der Waals surface area contributed by atoms with Gasteiger partial charge >= 0.3 is 5.97 Å². The van der Waals surface area contributed by atoms with E-state index in [1.54, 1.807) is 32.0 Å². The summed E-state index contributed by atoms with van der Waals surface area (Å²) in [5.41, 5.74) is 2.01. The third kappa shape index (κ3) is 4.17. The van der Waals surface area contributed by atoms with Crippen LogP contribution in [-0.2, 0) is 27.2 Å². The Balaban J connectivity index is 1.59. The lowest BCUT2D eigenvalue weighted by atomic mass is 9.88. The Morgan fingerprint density at radius 2 is 2.06 bits per heavy atom. The molecule has 0 saturated carbocycles. The van der Waals surface area contributed by atoms with E-state index in [9.17, 15) is 14.4 Å². The van der Waals surface area contributed by atoms with Crippen molar-refractivity contribution in [2.24, 2.45) is 5.92 Å². The quantitative estimate of drug-likeness (QED) is 0.712. The molecule has 0 saturated heterocycles. The number of esters is 1. The summed E-state index contributed by atoms with van der Waals surface area (Å²) in [4.78, 5) is 40.9. The Hall–Kier alpha value is -2.87. The van der Waals surface area contributed by atoms with Crippen molar-refractivity contribution in [3.05, 3.63) is 40.3 Å². The average Bonchev–Trinajstić information content (AvgIpc) is 3.08. The topological polar surface area (TPSA) is 84.9 Å². The second-order valence-electron chi connectivity index (χ2n) is 7.98. The van der Waals surface area contributed by atoms with Crippen LogP contribution in [0.15, 0.2) is 24.3 Å². The number of fused-ring (bicyclic) bond motifs is 2. The van der Waals surface area contributed by atoms with E-state index in [0.717, 1.165) is 29.7 Å². The lowest BCUT2D eigenvalue weighted by Crippen LogP contribution is -2.47. The standard InChI is InChI=1S/C23H26N2O5S/c1-4-29-23(28)20-15-10-9-13(2)11-18(15)31-21(20)24-19(26)12-25-16-7-5-6-8-17(16)30-14(3)22(25)27/h5-8,13-14H,4,9-12H2,1-3H3,(H,24,26). The number of amides is 2. The summed E-state index contributed by atoms with van der Waals surface area (Å²) >= 11 is 1.44. The molecule has 0 fully saturated rings. The largest absolute Gasteiger partial charge is 0.479 e. The van der Waals surface area contributed by atoms with Gasteiger partial charge in [-0.1, -0.05) is 19.1 Å². The molecule has 164 valence electrons. The highest BCUT2D eigenvalue weighted by Crippen LogP contribution is 2.40. The number of rotatable bonds is 5. The highest BCUT2D eigenvalue weighted by atomic mass is 32.1. The molecule has 1 aromatic carbocycles. The SMILES string of the molecule is CCOC(=O)c1c(NC(=O)CN2C(=O)C(C)Oc3ccccc32)sc2c1CCC(C)C2. The molecule has 7 nitrogen and oxygen atoms in total. The Bertz CT molecular complexity index is 1030. The zero-order valence-corrected chi connectivity index (χ0v) is 18.7. The number of para-hydroxylation sites is 2. The number of benzene rings is 1. The zero-order chi connectivity index (χ0) is 22.1. The molecule has 1 N–H and O–H groups in total. The van der Waals surface area contributed by atoms with Gasteiger partial charge in [-0.05, 0) is 56.7 Å². The van der Waals surface area contributed by atoms with E-state index in [2.05, 4.69) is 12.2 Å². The number of carbonyl (C=O) groups is 3. The van der Waals surface area contributed by atoms with Crippen LogP contribution in [0.5, 0.6) is 5.75 Å². The number of thiophene rings is 1. The minimum absolute atomic E-state index is 0.162. The number of hydrogen-bond donors (Lipinski definition) is 1. The summed E-state index contributed by atoms with van der Waals surface area (Å²) in [7, 11) is 0. The summed E-state index contributed by atoms with van der Waals surface area (Å²) < 4.78 is 10.9. The zero-order valence-electron chi connectivity index (χ0n) is 17.9. The van der Waals surface area contributed by atoms with Crippen LogP contribution in [0.3, 0.4) is 0 Å². The van der Waals surface area contributed by atoms with E-state index < -0.39 is 12.1 Å². The molecule has 8 heteroatoms. The first kappa shape index (κ1) is 21.4. The van der Waals surface area contributed by atoms with E-state index in [4.69, 9.17) is 9.47 Å². The van der Waals surface area contributed by atoms with Crippen molar-refractivity contribution in [2.75, 3.05) is 23.4 Å². The fourth-order valence-corrected chi connectivity index (χ4v) is 5.50. The number of carbonyl (C=O) groups excluding carboxylic acids is 3. The summed E-state index contributed by atoms with van der Waals surface area (Å²) in [6.45, 7) is 5.72. The van der Waals surface area contributed by atoms with Gasteiger partial charge in [-0.25, -0.2) is 4.79 Å². The van der Waals surface area contributed by atoms with Gasteiger partial charge in [0.1, 0.15) is 17.3 Å². The Labute approximate surface area is 185 Å². The molecule has 0 bridgehead atoms. The summed E-state index contributed by atoms with van der Waals surface area (Å²) in [5, 5.41) is 3.38. The summed E-state index contributed by atoms with van der Waals surface area (Å²) in [6.07, 6.45) is 2.01. The van der Waals surface area contributed by atoms with Gasteiger partial charge in [-0.15, -0.1) is 11.3 Å². The van der Waals surface area contributed by atoms with Gasteiger partial charge in [-0.2, -0.15) is 0 Å². The number of ether oxygens (including phenoxy) is 2. The van der Waals surface area contributed by atoms with Crippen LogP contribution in [0.1, 0.15) is 48.0 Å². The Morgan fingerprint density at radius 1 is 1.29 bits per heavy atom. The minimum atomic E-state index is -0.673. The highest BCUT2D eigenvalue weighted by Gasteiger charge is 2.34. The summed E-state index contributed by atoms with van der Waals surface area (Å²) in [5.74, 6) is 0.0448. The fraction of sp³-hybridized carbons (Fsp3) is 0.435. The first-order chi connectivity index (χ1) is 14.9. The second kappa shape index (κ2) is 8.70. The molecule has 1 aliphatic carbocycles. The monoisotopic (exact) mass is 442 g/mol. The van der Waals surface area contributed by atoms with Gasteiger partial charge in [-0.3, -0.25) is 14.5 Å². The molecule has 0 radical (unpaired) electrons. The van der Waals surface area contributed by atoms with Crippen molar-refractivity contribution in [1.29, 1.82) is 0 Å². The Morgan fingerprint density at radius 3 is 2.84 bits per heavy atom. The van der Waals surface area contributed by atoms with Crippen LogP contribution in [0.2, 0.25) is 0 Å². The average molecular weight is 443 g/mol. The normalized spacial score (nSPS) is 19.8. The maximum atomic E-state index is 13.0. The predicted octanol–water partition coefficient (Wildman–Crippen LogP) is 3.80. The molecular weight excluding hydrogens is 416 g/mol. The Kier molecular flexibility index (Phi) is 6.00. The van der Waals surface area contributed by atoms with E-state index in [-0.39, 0.29) is 25.0 Å². The molecule has 31 heavy (non-hydrogen) atoms. The molecular formula is C23H26N2O5S. The lowest BCUT2D eigenvalue weighted by molar-refractivity contribution is -0.127. The first-order valence-corrected chi connectivity index (χ1v) is 11.4. The van der Waals surface area contributed by atoms with Crippen LogP contribution in [0.25, 0.3) is 0 Å². The molecule has 2 aliphatic rings. The number of nitrogens with zero attached hydrogens (tertiary/aromatic N) is 1. The van der Waals surface area contributed by atoms with Crippen molar-refractivity contribution in [3.8, 4) is 5.75 Å². The highest BCUT2D eigenvalue weighted by molar-refractivity contribution is 7.17. The van der Waals surface area contributed by atoms with Gasteiger partial charge in [0.05, 0.1) is 17.9 Å². The van der Waals surface area contributed by atoms with Crippen LogP contribution in [0, 0.1) is 5.92 Å². The predicted molar refractivity (Wildman–Crippen MR) is 119 cm³/mol. The molecule has 2 heterocycles. The van der Waals surface area contributed by atoms with E-state index in [1.807, 2.05) is 6.07 Å². The smallest absolute Gasteiger partial charge is 0.341 e. The third-order valence-corrected chi connectivity index (χ3v) is 6.79. The third-order valence-electron chi connectivity index (χ3n) is 5.62. The first-order valence-electron chi connectivity index (χ1n) is 10.6. The molecule has 4 rings (SSSR count). The van der Waals surface area contributed by atoms with Gasteiger partial charge in [0.15, 0.2) is 6.10 Å². The van der Waals surface area contributed by atoms with E-state index >= 15 is 0 Å². The number of nitrogens with one attached hydrogen (secondary N) is 1.